The molecule has 7 N–H and O–H groups in total. The van der Waals surface area contributed by atoms with Gasteiger partial charge in [-0.3, -0.25) is 19.2 Å². The Morgan fingerprint density at radius 3 is 2.37 bits per heavy atom. The molecule has 1 aliphatic rings. The number of aromatic nitrogens is 1. The molecule has 4 unspecified atom stereocenters. The van der Waals surface area contributed by atoms with E-state index in [-0.39, 0.29) is 25.8 Å². The largest absolute Gasteiger partial charge is 0.481 e. The monoisotopic (exact) mass is 563 g/mol. The summed E-state index contributed by atoms with van der Waals surface area (Å²) in [7, 11) is 0. The third-order valence-electron chi connectivity index (χ3n) is 7.18. The number of rotatable bonds is 12. The van der Waals surface area contributed by atoms with Crippen LogP contribution in [0.25, 0.3) is 10.9 Å². The normalized spacial score (nSPS) is 17.0. The number of benzene rings is 2. The van der Waals surface area contributed by atoms with Gasteiger partial charge in [0.1, 0.15) is 18.1 Å². The van der Waals surface area contributed by atoms with Crippen molar-refractivity contribution in [3.63, 3.8) is 0 Å². The molecule has 216 valence electrons. The summed E-state index contributed by atoms with van der Waals surface area (Å²) in [5.41, 5.74) is 8.37. The number of nitrogens with zero attached hydrogens (tertiary/aromatic N) is 1. The topological polar surface area (TPSA) is 195 Å². The highest BCUT2D eigenvalue weighted by molar-refractivity contribution is 5.96. The maximum atomic E-state index is 13.4. The van der Waals surface area contributed by atoms with E-state index in [0.717, 1.165) is 16.5 Å². The summed E-state index contributed by atoms with van der Waals surface area (Å²) in [6.45, 7) is 0.152. The summed E-state index contributed by atoms with van der Waals surface area (Å²) in [5, 5.41) is 25.1. The molecule has 41 heavy (non-hydrogen) atoms. The van der Waals surface area contributed by atoms with Crippen LogP contribution in [0.3, 0.4) is 0 Å². The lowest BCUT2D eigenvalue weighted by atomic mass is 10.0. The van der Waals surface area contributed by atoms with Gasteiger partial charge < -0.3 is 36.5 Å². The van der Waals surface area contributed by atoms with Crippen LogP contribution in [0.1, 0.15) is 30.4 Å². The van der Waals surface area contributed by atoms with Gasteiger partial charge in [-0.05, 0) is 36.5 Å². The summed E-state index contributed by atoms with van der Waals surface area (Å²) in [4.78, 5) is 67.4. The fourth-order valence-electron chi connectivity index (χ4n) is 5.11. The molecule has 0 spiro atoms. The number of aromatic amines is 1. The Hall–Kier alpha value is -4.71. The number of carboxylic acids is 2. The molecule has 0 radical (unpaired) electrons. The Bertz CT molecular complexity index is 1420. The second-order valence-electron chi connectivity index (χ2n) is 10.1. The number of likely N-dealkylation sites (tertiary alicyclic amines) is 1. The van der Waals surface area contributed by atoms with Gasteiger partial charge in [-0.25, -0.2) is 4.79 Å². The summed E-state index contributed by atoms with van der Waals surface area (Å²) in [6, 6.07) is 11.6. The highest BCUT2D eigenvalue weighted by atomic mass is 16.4. The second-order valence-corrected chi connectivity index (χ2v) is 10.1. The van der Waals surface area contributed by atoms with Crippen molar-refractivity contribution in [2.75, 3.05) is 6.54 Å². The second kappa shape index (κ2) is 13.1. The first-order valence-electron chi connectivity index (χ1n) is 13.3. The summed E-state index contributed by atoms with van der Waals surface area (Å²) in [5.74, 6) is -4.65. The molecular weight excluding hydrogens is 530 g/mol. The van der Waals surface area contributed by atoms with E-state index in [1.807, 2.05) is 30.3 Å². The fraction of sp³-hybridized carbons (Fsp3) is 0.345. The predicted molar refractivity (Wildman–Crippen MR) is 149 cm³/mol. The predicted octanol–water partition coefficient (Wildman–Crippen LogP) is 0.800. The fourth-order valence-corrected chi connectivity index (χ4v) is 5.11. The zero-order valence-corrected chi connectivity index (χ0v) is 22.3. The molecule has 12 heteroatoms. The molecule has 0 bridgehead atoms. The summed E-state index contributed by atoms with van der Waals surface area (Å²) < 4.78 is 0. The minimum absolute atomic E-state index is 0.0166. The molecule has 3 amide bonds. The van der Waals surface area contributed by atoms with E-state index in [0.29, 0.717) is 12.0 Å². The molecule has 2 heterocycles. The van der Waals surface area contributed by atoms with Crippen LogP contribution in [-0.2, 0) is 36.8 Å². The van der Waals surface area contributed by atoms with Crippen molar-refractivity contribution in [2.45, 2.75) is 56.3 Å². The van der Waals surface area contributed by atoms with Crippen LogP contribution in [0.4, 0.5) is 0 Å². The SMILES string of the molecule is NC(Cc1ccccc1)C(=O)NC(CC(=O)O)C(=O)N1CCCC1C(=O)NC(Cc1c[nH]c2ccccc12)C(=O)O. The van der Waals surface area contributed by atoms with Crippen LogP contribution in [0, 0.1) is 0 Å². The van der Waals surface area contributed by atoms with E-state index in [4.69, 9.17) is 5.73 Å². The van der Waals surface area contributed by atoms with Gasteiger partial charge in [0, 0.05) is 30.1 Å². The van der Waals surface area contributed by atoms with Crippen molar-refractivity contribution in [2.24, 2.45) is 5.73 Å². The minimum atomic E-state index is -1.45. The summed E-state index contributed by atoms with van der Waals surface area (Å²) in [6.07, 6.45) is 1.90. The number of H-pyrrole nitrogens is 1. The quantitative estimate of drug-likeness (QED) is 0.186. The molecule has 4 rings (SSSR count). The van der Waals surface area contributed by atoms with Crippen molar-refractivity contribution in [1.29, 1.82) is 0 Å². The van der Waals surface area contributed by atoms with E-state index in [2.05, 4.69) is 15.6 Å². The van der Waals surface area contributed by atoms with Gasteiger partial charge in [0.2, 0.25) is 17.7 Å². The standard InChI is InChI=1S/C29H33N5O7/c30-20(13-17-7-2-1-3-8-17)26(37)32-22(15-25(35)36)28(39)34-12-6-11-24(34)27(38)33-23(29(40)41)14-18-16-31-21-10-5-4-9-19(18)21/h1-5,7-10,16,20,22-24,31H,6,11-15,30H2,(H,32,37)(H,33,38)(H,35,36)(H,40,41). The molecule has 12 nitrogen and oxygen atoms in total. The third-order valence-corrected chi connectivity index (χ3v) is 7.18. The Morgan fingerprint density at radius 1 is 0.951 bits per heavy atom. The van der Waals surface area contributed by atoms with E-state index >= 15 is 0 Å². The molecule has 1 aromatic heterocycles. The van der Waals surface area contributed by atoms with E-state index in [9.17, 15) is 34.2 Å². The highest BCUT2D eigenvalue weighted by Crippen LogP contribution is 2.22. The first-order chi connectivity index (χ1) is 19.6. The number of hydrogen-bond acceptors (Lipinski definition) is 6. The first-order valence-corrected chi connectivity index (χ1v) is 13.3. The maximum Gasteiger partial charge on any atom is 0.326 e. The highest BCUT2D eigenvalue weighted by Gasteiger charge is 2.40. The number of fused-ring (bicyclic) bond motifs is 1. The number of amides is 3. The zero-order valence-electron chi connectivity index (χ0n) is 22.3. The van der Waals surface area contributed by atoms with E-state index < -0.39 is 60.2 Å². The molecule has 0 aliphatic carbocycles. The van der Waals surface area contributed by atoms with Crippen LogP contribution in [-0.4, -0.2) is 80.5 Å². The van der Waals surface area contributed by atoms with Crippen LogP contribution >= 0.6 is 0 Å². The van der Waals surface area contributed by atoms with Crippen LogP contribution < -0.4 is 16.4 Å². The van der Waals surface area contributed by atoms with E-state index in [1.165, 1.54) is 4.90 Å². The molecule has 1 saturated heterocycles. The average molecular weight is 564 g/mol. The van der Waals surface area contributed by atoms with Gasteiger partial charge in [0.15, 0.2) is 0 Å². The number of nitrogens with two attached hydrogens (primary N) is 1. The average Bonchev–Trinajstić information content (AvgIpc) is 3.60. The lowest BCUT2D eigenvalue weighted by Gasteiger charge is -2.29. The lowest BCUT2D eigenvalue weighted by Crippen LogP contribution is -2.57. The van der Waals surface area contributed by atoms with Gasteiger partial charge in [0.05, 0.1) is 12.5 Å². The number of nitrogens with one attached hydrogen (secondary N) is 3. The Labute approximate surface area is 235 Å². The van der Waals surface area contributed by atoms with Crippen molar-refractivity contribution in [3.05, 3.63) is 71.9 Å². The van der Waals surface area contributed by atoms with Crippen molar-refractivity contribution >= 4 is 40.6 Å². The molecule has 1 aliphatic heterocycles. The third kappa shape index (κ3) is 7.28. The smallest absolute Gasteiger partial charge is 0.326 e. The lowest BCUT2D eigenvalue weighted by molar-refractivity contribution is -0.147. The van der Waals surface area contributed by atoms with Crippen LogP contribution in [0.15, 0.2) is 60.8 Å². The molecular formula is C29H33N5O7. The van der Waals surface area contributed by atoms with Crippen molar-refractivity contribution < 1.29 is 34.2 Å². The van der Waals surface area contributed by atoms with Gasteiger partial charge in [0.25, 0.3) is 0 Å². The van der Waals surface area contributed by atoms with Gasteiger partial charge >= 0.3 is 11.9 Å². The number of aliphatic carboxylic acids is 2. The Balaban J connectivity index is 1.43. The number of carboxylic acid groups (broad SMARTS) is 2. The van der Waals surface area contributed by atoms with Gasteiger partial charge in [-0.2, -0.15) is 0 Å². The number of carbonyl (C=O) groups excluding carboxylic acids is 3. The molecule has 3 aromatic rings. The number of para-hydroxylation sites is 1. The Morgan fingerprint density at radius 2 is 1.66 bits per heavy atom. The number of hydrogen-bond donors (Lipinski definition) is 6. The molecule has 1 fully saturated rings. The Kier molecular flexibility index (Phi) is 9.35. The van der Waals surface area contributed by atoms with Gasteiger partial charge in [-0.15, -0.1) is 0 Å². The summed E-state index contributed by atoms with van der Waals surface area (Å²) >= 11 is 0. The number of carbonyl (C=O) groups is 5. The van der Waals surface area contributed by atoms with Crippen molar-refractivity contribution in [1.82, 2.24) is 20.5 Å². The zero-order chi connectivity index (χ0) is 29.5. The maximum absolute atomic E-state index is 13.4. The molecule has 2 aromatic carbocycles. The van der Waals surface area contributed by atoms with Gasteiger partial charge in [-0.1, -0.05) is 48.5 Å². The molecule has 0 saturated carbocycles. The van der Waals surface area contributed by atoms with Crippen LogP contribution in [0.5, 0.6) is 0 Å². The van der Waals surface area contributed by atoms with Crippen molar-refractivity contribution in [3.8, 4) is 0 Å². The van der Waals surface area contributed by atoms with E-state index in [1.54, 1.807) is 30.5 Å². The first kappa shape index (κ1) is 29.3. The minimum Gasteiger partial charge on any atom is -0.481 e. The molecule has 4 atom stereocenters. The van der Waals surface area contributed by atoms with Crippen LogP contribution in [0.2, 0.25) is 0 Å².